The summed E-state index contributed by atoms with van der Waals surface area (Å²) in [5, 5.41) is 0. The fraction of sp³-hybridized carbons (Fsp3) is 1.00. The van der Waals surface area contributed by atoms with Crippen LogP contribution in [0.4, 0.5) is 0 Å². The van der Waals surface area contributed by atoms with Crippen LogP contribution >= 0.6 is 0 Å². The van der Waals surface area contributed by atoms with Crippen molar-refractivity contribution in [3.05, 3.63) is 0 Å². The summed E-state index contributed by atoms with van der Waals surface area (Å²) < 4.78 is 5.79. The fourth-order valence-corrected chi connectivity index (χ4v) is 4.00. The van der Waals surface area contributed by atoms with Crippen molar-refractivity contribution in [2.24, 2.45) is 11.7 Å². The lowest BCUT2D eigenvalue weighted by Crippen LogP contribution is -2.59. The second kappa shape index (κ2) is 5.68. The van der Waals surface area contributed by atoms with E-state index in [0.717, 1.165) is 32.2 Å². The van der Waals surface area contributed by atoms with Gasteiger partial charge in [-0.25, -0.2) is 0 Å². The van der Waals surface area contributed by atoms with Crippen LogP contribution in [0.3, 0.4) is 0 Å². The van der Waals surface area contributed by atoms with Crippen molar-refractivity contribution in [2.75, 3.05) is 46.4 Å². The number of hydrogen-bond donors (Lipinski definition) is 1. The van der Waals surface area contributed by atoms with E-state index >= 15 is 0 Å². The first-order chi connectivity index (χ1) is 9.26. The van der Waals surface area contributed by atoms with Gasteiger partial charge < -0.3 is 10.5 Å². The van der Waals surface area contributed by atoms with Crippen LogP contribution in [-0.2, 0) is 4.74 Å². The van der Waals surface area contributed by atoms with Crippen molar-refractivity contribution in [3.8, 4) is 0 Å². The first kappa shape index (κ1) is 13.8. The molecule has 2 aliphatic heterocycles. The number of hydrogen-bond acceptors (Lipinski definition) is 4. The molecule has 2 heterocycles. The highest BCUT2D eigenvalue weighted by Crippen LogP contribution is 2.38. The summed E-state index contributed by atoms with van der Waals surface area (Å²) in [4.78, 5) is 5.14. The van der Waals surface area contributed by atoms with Crippen molar-refractivity contribution in [2.45, 2.75) is 43.7 Å². The van der Waals surface area contributed by atoms with Crippen LogP contribution in [0.5, 0.6) is 0 Å². The van der Waals surface area contributed by atoms with Crippen LogP contribution in [0.2, 0.25) is 0 Å². The normalized spacial score (nSPS) is 35.2. The molecule has 4 heteroatoms. The number of nitrogens with zero attached hydrogens (tertiary/aromatic N) is 2. The lowest BCUT2D eigenvalue weighted by Gasteiger charge is -2.42. The van der Waals surface area contributed by atoms with Gasteiger partial charge in [-0.1, -0.05) is 0 Å². The molecule has 3 aliphatic rings. The molecule has 1 aliphatic carbocycles. The third kappa shape index (κ3) is 2.68. The Balaban J connectivity index is 1.51. The molecule has 2 saturated heterocycles. The molecular formula is C15H29N3O. The Bertz CT molecular complexity index is 308. The molecule has 19 heavy (non-hydrogen) atoms. The lowest BCUT2D eigenvalue weighted by molar-refractivity contribution is 0.0446. The van der Waals surface area contributed by atoms with E-state index in [1.807, 2.05) is 0 Å². The van der Waals surface area contributed by atoms with E-state index in [1.54, 1.807) is 0 Å². The summed E-state index contributed by atoms with van der Waals surface area (Å²) in [7, 11) is 2.25. The van der Waals surface area contributed by atoms with Gasteiger partial charge in [-0.05, 0) is 51.6 Å². The van der Waals surface area contributed by atoms with E-state index in [4.69, 9.17) is 10.5 Å². The zero-order chi connectivity index (χ0) is 13.3. The van der Waals surface area contributed by atoms with Crippen molar-refractivity contribution < 1.29 is 4.74 Å². The van der Waals surface area contributed by atoms with Gasteiger partial charge in [0.1, 0.15) is 0 Å². The monoisotopic (exact) mass is 267 g/mol. The van der Waals surface area contributed by atoms with Gasteiger partial charge in [-0.15, -0.1) is 0 Å². The van der Waals surface area contributed by atoms with E-state index in [9.17, 15) is 0 Å². The molecule has 2 N–H and O–H groups in total. The quantitative estimate of drug-likeness (QED) is 0.696. The van der Waals surface area contributed by atoms with Crippen molar-refractivity contribution in [3.63, 3.8) is 0 Å². The van der Waals surface area contributed by atoms with Crippen molar-refractivity contribution in [1.82, 2.24) is 9.80 Å². The minimum Gasteiger partial charge on any atom is -0.380 e. The van der Waals surface area contributed by atoms with E-state index in [-0.39, 0.29) is 5.54 Å². The average molecular weight is 267 g/mol. The number of likely N-dealkylation sites (N-methyl/N-ethyl adjacent to an activating group) is 1. The molecule has 0 aromatic rings. The molecular weight excluding hydrogens is 238 g/mol. The highest BCUT2D eigenvalue weighted by atomic mass is 16.5. The number of nitrogens with two attached hydrogens (primary N) is 1. The minimum atomic E-state index is 0.208. The average Bonchev–Trinajstić information content (AvgIpc) is 2.99. The SMILES string of the molecule is CN(CCOCC1CC1)C1(CN)CCN2CCCC21. The smallest absolute Gasteiger partial charge is 0.0593 e. The molecule has 0 bridgehead atoms. The Kier molecular flexibility index (Phi) is 4.13. The fourth-order valence-electron chi connectivity index (χ4n) is 4.00. The van der Waals surface area contributed by atoms with Crippen LogP contribution in [0.1, 0.15) is 32.1 Å². The summed E-state index contributed by atoms with van der Waals surface area (Å²) in [6.45, 7) is 6.15. The molecule has 1 saturated carbocycles. The van der Waals surface area contributed by atoms with Gasteiger partial charge in [-0.2, -0.15) is 0 Å². The third-order valence-electron chi connectivity index (χ3n) is 5.55. The largest absolute Gasteiger partial charge is 0.380 e. The maximum Gasteiger partial charge on any atom is 0.0593 e. The van der Waals surface area contributed by atoms with Gasteiger partial charge in [0.2, 0.25) is 0 Å². The molecule has 0 aromatic carbocycles. The van der Waals surface area contributed by atoms with E-state index in [0.29, 0.717) is 6.04 Å². The standard InChI is InChI=1S/C15H29N3O/c1-17(9-10-19-11-13-4-5-13)15(12-16)6-8-18-7-2-3-14(15)18/h13-14H,2-12,16H2,1H3. The zero-order valence-corrected chi connectivity index (χ0v) is 12.3. The van der Waals surface area contributed by atoms with E-state index < -0.39 is 0 Å². The summed E-state index contributed by atoms with van der Waals surface area (Å²) >= 11 is 0. The predicted octanol–water partition coefficient (Wildman–Crippen LogP) is 0.910. The molecule has 2 unspecified atom stereocenters. The highest BCUT2D eigenvalue weighted by molar-refractivity contribution is 5.09. The number of ether oxygens (including phenoxy) is 1. The van der Waals surface area contributed by atoms with Gasteiger partial charge >= 0.3 is 0 Å². The molecule has 110 valence electrons. The maximum absolute atomic E-state index is 6.18. The first-order valence-corrected chi connectivity index (χ1v) is 7.99. The van der Waals surface area contributed by atoms with Crippen LogP contribution in [0.25, 0.3) is 0 Å². The molecule has 3 rings (SSSR count). The van der Waals surface area contributed by atoms with Crippen molar-refractivity contribution >= 4 is 0 Å². The summed E-state index contributed by atoms with van der Waals surface area (Å²) in [6.07, 6.45) is 6.65. The second-order valence-electron chi connectivity index (χ2n) is 6.69. The molecule has 0 radical (unpaired) electrons. The Morgan fingerprint density at radius 1 is 1.32 bits per heavy atom. The van der Waals surface area contributed by atoms with Gasteiger partial charge in [0, 0.05) is 37.8 Å². The number of fused-ring (bicyclic) bond motifs is 1. The minimum absolute atomic E-state index is 0.208. The summed E-state index contributed by atoms with van der Waals surface area (Å²) in [5.74, 6) is 0.866. The topological polar surface area (TPSA) is 41.7 Å². The Hall–Kier alpha value is -0.160. The molecule has 4 nitrogen and oxygen atoms in total. The second-order valence-corrected chi connectivity index (χ2v) is 6.69. The Morgan fingerprint density at radius 3 is 2.89 bits per heavy atom. The first-order valence-electron chi connectivity index (χ1n) is 7.99. The highest BCUT2D eigenvalue weighted by Gasteiger charge is 2.50. The number of rotatable bonds is 7. The molecule has 0 aromatic heterocycles. The third-order valence-corrected chi connectivity index (χ3v) is 5.55. The Morgan fingerprint density at radius 2 is 2.16 bits per heavy atom. The van der Waals surface area contributed by atoms with Gasteiger partial charge in [-0.3, -0.25) is 9.80 Å². The van der Waals surface area contributed by atoms with E-state index in [2.05, 4.69) is 16.8 Å². The van der Waals surface area contributed by atoms with Gasteiger partial charge in [0.05, 0.1) is 6.61 Å². The molecule has 2 atom stereocenters. The molecule has 3 fully saturated rings. The van der Waals surface area contributed by atoms with Gasteiger partial charge in [0.25, 0.3) is 0 Å². The van der Waals surface area contributed by atoms with Crippen LogP contribution in [0.15, 0.2) is 0 Å². The zero-order valence-electron chi connectivity index (χ0n) is 12.3. The van der Waals surface area contributed by atoms with Crippen LogP contribution in [0, 0.1) is 5.92 Å². The van der Waals surface area contributed by atoms with E-state index in [1.165, 1.54) is 45.2 Å². The summed E-state index contributed by atoms with van der Waals surface area (Å²) in [5.41, 5.74) is 6.39. The molecule has 0 spiro atoms. The van der Waals surface area contributed by atoms with Gasteiger partial charge in [0.15, 0.2) is 0 Å². The summed E-state index contributed by atoms with van der Waals surface area (Å²) in [6, 6.07) is 0.686. The van der Waals surface area contributed by atoms with Crippen LogP contribution < -0.4 is 5.73 Å². The van der Waals surface area contributed by atoms with Crippen LogP contribution in [-0.4, -0.2) is 67.8 Å². The van der Waals surface area contributed by atoms with Crippen molar-refractivity contribution in [1.29, 1.82) is 0 Å². The molecule has 0 amide bonds. The maximum atomic E-state index is 6.18. The lowest BCUT2D eigenvalue weighted by atomic mass is 9.87. The predicted molar refractivity (Wildman–Crippen MR) is 77.2 cm³/mol. The Labute approximate surface area is 117 Å².